The van der Waals surface area contributed by atoms with Crippen molar-refractivity contribution < 1.29 is 0 Å². The van der Waals surface area contributed by atoms with Gasteiger partial charge in [0, 0.05) is 11.6 Å². The molecule has 0 aliphatic carbocycles. The van der Waals surface area contributed by atoms with Gasteiger partial charge >= 0.3 is 0 Å². The first-order valence-corrected chi connectivity index (χ1v) is 5.57. The number of thiazole rings is 1. The average molecular weight is 276 g/mol. The van der Waals surface area contributed by atoms with Gasteiger partial charge in [-0.15, -0.1) is 11.3 Å². The minimum absolute atomic E-state index is 0.269. The minimum Gasteiger partial charge on any atom is -0.281 e. The third-order valence-corrected chi connectivity index (χ3v) is 3.13. The van der Waals surface area contributed by atoms with Gasteiger partial charge in [0.15, 0.2) is 4.96 Å². The second-order valence-corrected chi connectivity index (χ2v) is 5.82. The van der Waals surface area contributed by atoms with Crippen LogP contribution in [0.4, 0.5) is 0 Å². The Balaban J connectivity index is 2.71. The maximum absolute atomic E-state index is 5.94. The van der Waals surface area contributed by atoms with Crippen LogP contribution in [0.25, 0.3) is 4.96 Å². The average Bonchev–Trinajstić information content (AvgIpc) is 2.51. The molecule has 0 atom stereocenters. The zero-order chi connectivity index (χ0) is 9.64. The molecule has 0 radical (unpaired) electrons. The van der Waals surface area contributed by atoms with E-state index >= 15 is 0 Å². The molecule has 0 aromatic carbocycles. The number of aromatic nitrogens is 2. The van der Waals surface area contributed by atoms with Gasteiger partial charge in [-0.2, -0.15) is 0 Å². The maximum Gasteiger partial charge on any atom is 0.235 e. The number of imidazole rings is 1. The molecule has 0 spiro atoms. The Kier molecular flexibility index (Phi) is 2.41. The van der Waals surface area contributed by atoms with Crippen molar-refractivity contribution in [3.05, 3.63) is 22.4 Å². The predicted molar refractivity (Wildman–Crippen MR) is 57.3 cm³/mol. The summed E-state index contributed by atoms with van der Waals surface area (Å²) in [4.78, 5) is 4.81. The number of halogens is 4. The zero-order valence-electron chi connectivity index (χ0n) is 5.97. The van der Waals surface area contributed by atoms with Crippen molar-refractivity contribution in [2.75, 3.05) is 0 Å². The first kappa shape index (κ1) is 9.87. The topological polar surface area (TPSA) is 17.3 Å². The SMILES string of the molecule is Clc1c(C(Cl)(Cl)Cl)nc2sccn12. The summed E-state index contributed by atoms with van der Waals surface area (Å²) >= 11 is 24.4. The largest absolute Gasteiger partial charge is 0.281 e. The van der Waals surface area contributed by atoms with Gasteiger partial charge in [0.2, 0.25) is 3.79 Å². The number of nitrogens with zero attached hydrogens (tertiary/aromatic N) is 2. The Bertz CT molecular complexity index is 441. The molecule has 2 nitrogen and oxygen atoms in total. The highest BCUT2D eigenvalue weighted by Gasteiger charge is 2.30. The van der Waals surface area contributed by atoms with E-state index in [1.54, 1.807) is 10.6 Å². The summed E-state index contributed by atoms with van der Waals surface area (Å²) < 4.78 is 0.103. The molecule has 0 fully saturated rings. The normalized spacial score (nSPS) is 12.6. The molecule has 0 unspecified atom stereocenters. The smallest absolute Gasteiger partial charge is 0.235 e. The molecule has 0 saturated carbocycles. The molecule has 2 rings (SSSR count). The monoisotopic (exact) mass is 274 g/mol. The molecular formula is C6H2Cl4N2S. The van der Waals surface area contributed by atoms with E-state index in [9.17, 15) is 0 Å². The Morgan fingerprint density at radius 3 is 2.62 bits per heavy atom. The maximum atomic E-state index is 5.94. The van der Waals surface area contributed by atoms with Crippen LogP contribution in [0, 0.1) is 0 Å². The zero-order valence-corrected chi connectivity index (χ0v) is 9.81. The van der Waals surface area contributed by atoms with E-state index in [0.29, 0.717) is 10.1 Å². The van der Waals surface area contributed by atoms with Crippen LogP contribution in [0.5, 0.6) is 0 Å². The highest BCUT2D eigenvalue weighted by molar-refractivity contribution is 7.15. The van der Waals surface area contributed by atoms with Crippen LogP contribution in [0.3, 0.4) is 0 Å². The van der Waals surface area contributed by atoms with E-state index in [4.69, 9.17) is 46.4 Å². The van der Waals surface area contributed by atoms with Gasteiger partial charge in [0.05, 0.1) is 0 Å². The van der Waals surface area contributed by atoms with E-state index in [1.165, 1.54) is 11.3 Å². The molecular weight excluding hydrogens is 274 g/mol. The number of rotatable bonds is 0. The molecule has 0 aliphatic rings. The molecule has 0 amide bonds. The summed E-state index contributed by atoms with van der Waals surface area (Å²) in [6, 6.07) is 0. The van der Waals surface area contributed by atoms with E-state index in [1.807, 2.05) is 5.38 Å². The van der Waals surface area contributed by atoms with E-state index in [-0.39, 0.29) is 5.69 Å². The quantitative estimate of drug-likeness (QED) is 0.667. The summed E-state index contributed by atoms with van der Waals surface area (Å²) in [5.41, 5.74) is 0.269. The standard InChI is InChI=1S/C6H2Cl4N2S/c7-4-3(6(8,9)10)11-5-12(4)1-2-13-5/h1-2H. The van der Waals surface area contributed by atoms with Gasteiger partial charge in [-0.1, -0.05) is 46.4 Å². The molecule has 13 heavy (non-hydrogen) atoms. The van der Waals surface area contributed by atoms with Crippen molar-refractivity contribution >= 4 is 62.7 Å². The van der Waals surface area contributed by atoms with Crippen molar-refractivity contribution in [3.63, 3.8) is 0 Å². The molecule has 0 aliphatic heterocycles. The fraction of sp³-hybridized carbons (Fsp3) is 0.167. The number of hydrogen-bond acceptors (Lipinski definition) is 2. The highest BCUT2D eigenvalue weighted by atomic mass is 35.6. The lowest BCUT2D eigenvalue weighted by molar-refractivity contribution is 1.13. The third kappa shape index (κ3) is 1.64. The van der Waals surface area contributed by atoms with E-state index in [2.05, 4.69) is 4.98 Å². The lowest BCUT2D eigenvalue weighted by Gasteiger charge is -2.06. The van der Waals surface area contributed by atoms with Crippen LogP contribution in [-0.2, 0) is 3.79 Å². The van der Waals surface area contributed by atoms with Gasteiger partial charge in [-0.05, 0) is 0 Å². The molecule has 2 aromatic heterocycles. The Morgan fingerprint density at radius 1 is 1.38 bits per heavy atom. The fourth-order valence-corrected chi connectivity index (χ4v) is 2.56. The first-order valence-electron chi connectivity index (χ1n) is 3.18. The van der Waals surface area contributed by atoms with Gasteiger partial charge in [-0.3, -0.25) is 4.40 Å². The summed E-state index contributed by atoms with van der Waals surface area (Å²) in [5.74, 6) is 0. The Hall–Kier alpha value is 0.330. The van der Waals surface area contributed by atoms with Crippen molar-refractivity contribution in [2.45, 2.75) is 3.79 Å². The second-order valence-electron chi connectivity index (χ2n) is 2.30. The fourth-order valence-electron chi connectivity index (χ4n) is 0.939. The lowest BCUT2D eigenvalue weighted by Crippen LogP contribution is -2.01. The van der Waals surface area contributed by atoms with Crippen LogP contribution < -0.4 is 0 Å². The van der Waals surface area contributed by atoms with Gasteiger partial charge in [-0.25, -0.2) is 4.98 Å². The van der Waals surface area contributed by atoms with E-state index in [0.717, 1.165) is 0 Å². The third-order valence-electron chi connectivity index (χ3n) is 1.47. The first-order chi connectivity index (χ1) is 6.00. The second kappa shape index (κ2) is 3.17. The summed E-state index contributed by atoms with van der Waals surface area (Å²) in [7, 11) is 0. The van der Waals surface area contributed by atoms with E-state index < -0.39 is 3.79 Å². The van der Waals surface area contributed by atoms with Crippen LogP contribution in [0.15, 0.2) is 11.6 Å². The molecule has 70 valence electrons. The van der Waals surface area contributed by atoms with Crippen LogP contribution in [0.1, 0.15) is 5.69 Å². The predicted octanol–water partition coefficient (Wildman–Crippen LogP) is 3.88. The van der Waals surface area contributed by atoms with Crippen molar-refractivity contribution in [2.24, 2.45) is 0 Å². The van der Waals surface area contributed by atoms with Gasteiger partial charge < -0.3 is 0 Å². The van der Waals surface area contributed by atoms with Crippen LogP contribution >= 0.6 is 57.7 Å². The summed E-state index contributed by atoms with van der Waals surface area (Å²) in [6.45, 7) is 0. The van der Waals surface area contributed by atoms with Crippen molar-refractivity contribution in [1.82, 2.24) is 9.38 Å². The molecule has 2 heterocycles. The summed E-state index contributed by atoms with van der Waals surface area (Å²) in [5, 5.41) is 2.20. The minimum atomic E-state index is -1.57. The molecule has 0 saturated heterocycles. The summed E-state index contributed by atoms with van der Waals surface area (Å²) in [6.07, 6.45) is 1.77. The lowest BCUT2D eigenvalue weighted by atomic mass is 10.5. The van der Waals surface area contributed by atoms with Gasteiger partial charge in [0.1, 0.15) is 10.8 Å². The van der Waals surface area contributed by atoms with Crippen molar-refractivity contribution in [3.8, 4) is 0 Å². The van der Waals surface area contributed by atoms with Crippen LogP contribution in [-0.4, -0.2) is 9.38 Å². The molecule has 2 aromatic rings. The molecule has 0 N–H and O–H groups in total. The number of alkyl halides is 3. The Labute approximate surface area is 98.0 Å². The highest BCUT2D eigenvalue weighted by Crippen LogP contribution is 2.41. The molecule has 7 heteroatoms. The molecule has 0 bridgehead atoms. The van der Waals surface area contributed by atoms with Crippen LogP contribution in [0.2, 0.25) is 5.15 Å². The van der Waals surface area contributed by atoms with Crippen molar-refractivity contribution in [1.29, 1.82) is 0 Å². The Morgan fingerprint density at radius 2 is 2.08 bits per heavy atom. The van der Waals surface area contributed by atoms with Gasteiger partial charge in [0.25, 0.3) is 0 Å². The number of fused-ring (bicyclic) bond motifs is 1. The number of hydrogen-bond donors (Lipinski definition) is 0.